The number of nitrogens with one attached hydrogen (secondary N) is 1. The molecule has 0 radical (unpaired) electrons. The molecule has 0 atom stereocenters. The molecule has 25 heavy (non-hydrogen) atoms. The molecule has 1 heterocycles. The summed E-state index contributed by atoms with van der Waals surface area (Å²) in [5.41, 5.74) is 0.802. The molecule has 0 fully saturated rings. The highest BCUT2D eigenvalue weighted by molar-refractivity contribution is 7.99. The van der Waals surface area contributed by atoms with Crippen LogP contribution in [0.25, 0.3) is 0 Å². The molecular formula is C17H24N4O3S. The average molecular weight is 364 g/mol. The zero-order chi connectivity index (χ0) is 18.2. The van der Waals surface area contributed by atoms with E-state index >= 15 is 0 Å². The van der Waals surface area contributed by atoms with Crippen LogP contribution in [0.1, 0.15) is 25.3 Å². The number of nitrogens with zero attached hydrogens (tertiary/aromatic N) is 3. The summed E-state index contributed by atoms with van der Waals surface area (Å²) in [5.74, 6) is 1.01. The van der Waals surface area contributed by atoms with Crippen molar-refractivity contribution < 1.29 is 9.53 Å². The lowest BCUT2D eigenvalue weighted by molar-refractivity contribution is -0.127. The number of hydrogen-bond donors (Lipinski definition) is 1. The summed E-state index contributed by atoms with van der Waals surface area (Å²) in [4.78, 5) is 25.7. The van der Waals surface area contributed by atoms with Crippen LogP contribution < -0.4 is 10.4 Å². The van der Waals surface area contributed by atoms with Gasteiger partial charge in [-0.25, -0.2) is 9.89 Å². The largest absolute Gasteiger partial charge is 0.497 e. The van der Waals surface area contributed by atoms with E-state index in [4.69, 9.17) is 4.74 Å². The third kappa shape index (κ3) is 5.38. The van der Waals surface area contributed by atoms with Crippen LogP contribution in [0.3, 0.4) is 0 Å². The fourth-order valence-corrected chi connectivity index (χ4v) is 3.17. The van der Waals surface area contributed by atoms with Crippen molar-refractivity contribution in [2.75, 3.05) is 19.9 Å². The Labute approximate surface area is 151 Å². The van der Waals surface area contributed by atoms with Crippen LogP contribution in [-0.2, 0) is 17.9 Å². The highest BCUT2D eigenvalue weighted by Crippen LogP contribution is 2.16. The Balaban J connectivity index is 1.89. The van der Waals surface area contributed by atoms with Gasteiger partial charge in [-0.2, -0.15) is 0 Å². The summed E-state index contributed by atoms with van der Waals surface area (Å²) in [7, 11) is 3.39. The number of ether oxygens (including phenoxy) is 1. The minimum absolute atomic E-state index is 0.0155. The maximum Gasteiger partial charge on any atom is 0.343 e. The molecule has 0 aliphatic carbocycles. The van der Waals surface area contributed by atoms with Gasteiger partial charge in [0.05, 0.1) is 12.9 Å². The van der Waals surface area contributed by atoms with Crippen LogP contribution in [0.2, 0.25) is 0 Å². The third-order valence-corrected chi connectivity index (χ3v) is 4.75. The van der Waals surface area contributed by atoms with E-state index < -0.39 is 0 Å². The molecule has 0 aliphatic heterocycles. The molecule has 136 valence electrons. The molecule has 0 saturated carbocycles. The number of methoxy groups -OCH3 is 1. The number of amides is 1. The number of aromatic nitrogens is 3. The summed E-state index contributed by atoms with van der Waals surface area (Å²) in [6.45, 7) is 3.20. The van der Waals surface area contributed by atoms with Crippen molar-refractivity contribution in [3.63, 3.8) is 0 Å². The number of benzene rings is 1. The highest BCUT2D eigenvalue weighted by atomic mass is 32.2. The quantitative estimate of drug-likeness (QED) is 0.690. The summed E-state index contributed by atoms with van der Waals surface area (Å²) in [5, 5.41) is 7.02. The number of hydrogen-bond acceptors (Lipinski definition) is 5. The fraction of sp³-hybridized carbons (Fsp3) is 0.471. The number of H-pyrrole nitrogens is 1. The molecule has 1 N–H and O–H groups in total. The van der Waals surface area contributed by atoms with Gasteiger partial charge < -0.3 is 9.64 Å². The van der Waals surface area contributed by atoms with Crippen molar-refractivity contribution in [2.24, 2.45) is 0 Å². The summed E-state index contributed by atoms with van der Waals surface area (Å²) in [6.07, 6.45) is 1.89. The summed E-state index contributed by atoms with van der Waals surface area (Å²) < 4.78 is 6.72. The first kappa shape index (κ1) is 19.1. The summed E-state index contributed by atoms with van der Waals surface area (Å²) in [6, 6.07) is 7.62. The molecule has 0 bridgehead atoms. The Morgan fingerprint density at radius 2 is 2.08 bits per heavy atom. The molecule has 0 saturated heterocycles. The van der Waals surface area contributed by atoms with Crippen LogP contribution in [0.4, 0.5) is 0 Å². The van der Waals surface area contributed by atoms with E-state index in [0.717, 1.165) is 24.2 Å². The average Bonchev–Trinajstić information content (AvgIpc) is 2.98. The standard InChI is InChI=1S/C17H24N4O3S/c1-4-5-10-21-16(23)18-19-17(21)25-12-15(22)20(2)11-13-6-8-14(24-3)9-7-13/h6-9H,4-5,10-12H2,1-3H3,(H,18,23). The van der Waals surface area contributed by atoms with Crippen molar-refractivity contribution in [1.29, 1.82) is 0 Å². The molecule has 1 amide bonds. The third-order valence-electron chi connectivity index (χ3n) is 3.79. The molecular weight excluding hydrogens is 340 g/mol. The minimum Gasteiger partial charge on any atom is -0.497 e. The Hall–Kier alpha value is -2.22. The van der Waals surface area contributed by atoms with Gasteiger partial charge in [-0.3, -0.25) is 9.36 Å². The maximum atomic E-state index is 12.3. The van der Waals surface area contributed by atoms with E-state index in [-0.39, 0.29) is 17.3 Å². The Bertz CT molecular complexity index is 739. The molecule has 0 spiro atoms. The number of rotatable bonds is 9. The van der Waals surface area contributed by atoms with Crippen LogP contribution in [0.5, 0.6) is 5.75 Å². The first-order valence-corrected chi connectivity index (χ1v) is 9.18. The predicted molar refractivity (Wildman–Crippen MR) is 97.9 cm³/mol. The van der Waals surface area contributed by atoms with Crippen LogP contribution in [-0.4, -0.2) is 45.5 Å². The number of carbonyl (C=O) groups excluding carboxylic acids is 1. The first-order valence-electron chi connectivity index (χ1n) is 8.20. The van der Waals surface area contributed by atoms with Gasteiger partial charge in [0.25, 0.3) is 0 Å². The molecule has 0 aliphatic rings. The molecule has 2 rings (SSSR count). The van der Waals surface area contributed by atoms with Crippen molar-refractivity contribution in [3.8, 4) is 5.75 Å². The number of unbranched alkanes of at least 4 members (excludes halogenated alkanes) is 1. The lowest BCUT2D eigenvalue weighted by Gasteiger charge is -2.17. The van der Waals surface area contributed by atoms with E-state index in [1.54, 1.807) is 23.6 Å². The Kier molecular flexibility index (Phi) is 7.12. The number of carbonyl (C=O) groups is 1. The molecule has 7 nitrogen and oxygen atoms in total. The number of aromatic amines is 1. The maximum absolute atomic E-state index is 12.3. The van der Waals surface area contributed by atoms with Gasteiger partial charge in [0.15, 0.2) is 5.16 Å². The second-order valence-electron chi connectivity index (χ2n) is 5.70. The SMILES string of the molecule is CCCCn1c(SCC(=O)N(C)Cc2ccc(OC)cc2)n[nH]c1=O. The molecule has 8 heteroatoms. The molecule has 1 aromatic heterocycles. The first-order chi connectivity index (χ1) is 12.0. The zero-order valence-corrected chi connectivity index (χ0v) is 15.6. The van der Waals surface area contributed by atoms with Crippen LogP contribution in [0.15, 0.2) is 34.2 Å². The van der Waals surface area contributed by atoms with Gasteiger partial charge in [-0.1, -0.05) is 37.2 Å². The normalized spacial score (nSPS) is 10.7. The highest BCUT2D eigenvalue weighted by Gasteiger charge is 2.14. The lowest BCUT2D eigenvalue weighted by atomic mass is 10.2. The Morgan fingerprint density at radius 1 is 1.36 bits per heavy atom. The van der Waals surface area contributed by atoms with Crippen LogP contribution >= 0.6 is 11.8 Å². The predicted octanol–water partition coefficient (Wildman–Crippen LogP) is 2.13. The lowest BCUT2D eigenvalue weighted by Crippen LogP contribution is -2.28. The van der Waals surface area contributed by atoms with Gasteiger partial charge in [-0.15, -0.1) is 5.10 Å². The number of thioether (sulfide) groups is 1. The fourth-order valence-electron chi connectivity index (χ4n) is 2.26. The van der Waals surface area contributed by atoms with Gasteiger partial charge in [0, 0.05) is 20.1 Å². The van der Waals surface area contributed by atoms with Gasteiger partial charge in [0.1, 0.15) is 5.75 Å². The molecule has 0 unspecified atom stereocenters. The van der Waals surface area contributed by atoms with Crippen molar-refractivity contribution in [1.82, 2.24) is 19.7 Å². The summed E-state index contributed by atoms with van der Waals surface area (Å²) >= 11 is 1.28. The molecule has 1 aromatic carbocycles. The van der Waals surface area contributed by atoms with Crippen molar-refractivity contribution in [2.45, 2.75) is 38.0 Å². The van der Waals surface area contributed by atoms with Crippen molar-refractivity contribution in [3.05, 3.63) is 40.3 Å². The monoisotopic (exact) mass is 364 g/mol. The van der Waals surface area contributed by atoms with Crippen molar-refractivity contribution >= 4 is 17.7 Å². The van der Waals surface area contributed by atoms with E-state index in [9.17, 15) is 9.59 Å². The van der Waals surface area contributed by atoms with Gasteiger partial charge in [0.2, 0.25) is 5.91 Å². The zero-order valence-electron chi connectivity index (χ0n) is 14.8. The van der Waals surface area contributed by atoms with E-state index in [0.29, 0.717) is 18.2 Å². The Morgan fingerprint density at radius 3 is 2.72 bits per heavy atom. The van der Waals surface area contributed by atoms with E-state index in [2.05, 4.69) is 17.1 Å². The van der Waals surface area contributed by atoms with E-state index in [1.165, 1.54) is 11.8 Å². The second-order valence-corrected chi connectivity index (χ2v) is 6.65. The van der Waals surface area contributed by atoms with Gasteiger partial charge in [-0.05, 0) is 24.1 Å². The van der Waals surface area contributed by atoms with Gasteiger partial charge >= 0.3 is 5.69 Å². The minimum atomic E-state index is -0.227. The smallest absolute Gasteiger partial charge is 0.343 e. The topological polar surface area (TPSA) is 80.2 Å². The van der Waals surface area contributed by atoms with E-state index in [1.807, 2.05) is 24.3 Å². The molecule has 2 aromatic rings. The van der Waals surface area contributed by atoms with Crippen LogP contribution in [0, 0.1) is 0 Å². The second kappa shape index (κ2) is 9.31.